The third kappa shape index (κ3) is 4.15. The van der Waals surface area contributed by atoms with Gasteiger partial charge in [0.1, 0.15) is 0 Å². The summed E-state index contributed by atoms with van der Waals surface area (Å²) in [7, 11) is 0. The Morgan fingerprint density at radius 1 is 1.05 bits per heavy atom. The zero-order chi connectivity index (χ0) is 14.2. The van der Waals surface area contributed by atoms with Crippen LogP contribution in [0.3, 0.4) is 0 Å². The van der Waals surface area contributed by atoms with E-state index in [9.17, 15) is 0 Å². The Morgan fingerprint density at radius 3 is 2.55 bits per heavy atom. The van der Waals surface area contributed by atoms with Crippen LogP contribution in [0, 0.1) is 6.92 Å². The Balaban J connectivity index is 1.92. The highest BCUT2D eigenvalue weighted by Gasteiger charge is 2.02. The fourth-order valence-electron chi connectivity index (χ4n) is 2.10. The van der Waals surface area contributed by atoms with Crippen molar-refractivity contribution in [3.05, 3.63) is 65.0 Å². The number of benzene rings is 1. The second kappa shape index (κ2) is 7.78. The Morgan fingerprint density at radius 2 is 1.80 bits per heavy atom. The number of hydrogen-bond acceptors (Lipinski definition) is 3. The normalized spacial score (nSPS) is 10.7. The van der Waals surface area contributed by atoms with Crippen molar-refractivity contribution < 1.29 is 4.74 Å². The summed E-state index contributed by atoms with van der Waals surface area (Å²) in [5.74, 6) is 0. The van der Waals surface area contributed by atoms with Gasteiger partial charge in [-0.2, -0.15) is 0 Å². The van der Waals surface area contributed by atoms with Gasteiger partial charge >= 0.3 is 0 Å². The fourth-order valence-corrected chi connectivity index (χ4v) is 2.10. The molecule has 0 aliphatic carbocycles. The molecule has 0 spiro atoms. The second-order valence-electron chi connectivity index (χ2n) is 4.81. The summed E-state index contributed by atoms with van der Waals surface area (Å²) in [5.41, 5.74) is 5.07. The molecule has 1 aromatic heterocycles. The predicted molar refractivity (Wildman–Crippen MR) is 81.3 cm³/mol. The van der Waals surface area contributed by atoms with Gasteiger partial charge in [0.15, 0.2) is 0 Å². The smallest absolute Gasteiger partial charge is 0.0719 e. The molecule has 0 unspecified atom stereocenters. The molecule has 1 heterocycles. The van der Waals surface area contributed by atoms with Crippen LogP contribution in [0.4, 0.5) is 0 Å². The van der Waals surface area contributed by atoms with Crippen LogP contribution in [0.2, 0.25) is 0 Å². The molecule has 1 N–H and O–H groups in total. The van der Waals surface area contributed by atoms with E-state index in [1.165, 1.54) is 22.3 Å². The molecular formula is C17H22N2O. The van der Waals surface area contributed by atoms with E-state index in [2.05, 4.69) is 41.5 Å². The van der Waals surface area contributed by atoms with Crippen molar-refractivity contribution in [3.8, 4) is 0 Å². The SMILES string of the molecule is CCOCc1ccccc1CNCc1cnccc1C. The maximum Gasteiger partial charge on any atom is 0.0719 e. The Bertz CT molecular complexity index is 540. The van der Waals surface area contributed by atoms with Gasteiger partial charge in [-0.15, -0.1) is 0 Å². The lowest BCUT2D eigenvalue weighted by molar-refractivity contribution is 0.133. The number of aryl methyl sites for hydroxylation is 1. The Labute approximate surface area is 121 Å². The number of nitrogens with zero attached hydrogens (tertiary/aromatic N) is 1. The molecule has 0 aliphatic rings. The molecule has 0 saturated heterocycles. The van der Waals surface area contributed by atoms with Crippen molar-refractivity contribution in [2.45, 2.75) is 33.5 Å². The highest BCUT2D eigenvalue weighted by Crippen LogP contribution is 2.11. The van der Waals surface area contributed by atoms with Crippen molar-refractivity contribution in [2.24, 2.45) is 0 Å². The van der Waals surface area contributed by atoms with E-state index in [0.29, 0.717) is 6.61 Å². The van der Waals surface area contributed by atoms with E-state index in [1.54, 1.807) is 0 Å². The minimum atomic E-state index is 0.681. The number of pyridine rings is 1. The quantitative estimate of drug-likeness (QED) is 0.839. The lowest BCUT2D eigenvalue weighted by Gasteiger charge is -2.11. The number of nitrogens with one attached hydrogen (secondary N) is 1. The highest BCUT2D eigenvalue weighted by atomic mass is 16.5. The largest absolute Gasteiger partial charge is 0.377 e. The average molecular weight is 270 g/mol. The van der Waals surface area contributed by atoms with Crippen molar-refractivity contribution in [1.29, 1.82) is 0 Å². The number of rotatable bonds is 7. The standard InChI is InChI=1S/C17H22N2O/c1-3-20-13-16-7-5-4-6-15(16)10-19-12-17-11-18-9-8-14(17)2/h4-9,11,19H,3,10,12-13H2,1-2H3. The summed E-state index contributed by atoms with van der Waals surface area (Å²) in [6, 6.07) is 10.4. The number of hydrogen-bond donors (Lipinski definition) is 1. The van der Waals surface area contributed by atoms with Gasteiger partial charge in [-0.1, -0.05) is 24.3 Å². The van der Waals surface area contributed by atoms with Crippen LogP contribution in [0.5, 0.6) is 0 Å². The highest BCUT2D eigenvalue weighted by molar-refractivity contribution is 5.27. The third-order valence-corrected chi connectivity index (χ3v) is 3.36. The molecular weight excluding hydrogens is 248 g/mol. The Kier molecular flexibility index (Phi) is 5.71. The minimum Gasteiger partial charge on any atom is -0.377 e. The maximum atomic E-state index is 5.51. The van der Waals surface area contributed by atoms with Crippen molar-refractivity contribution in [3.63, 3.8) is 0 Å². The lowest BCUT2D eigenvalue weighted by Crippen LogP contribution is -2.15. The van der Waals surface area contributed by atoms with Gasteiger partial charge in [0.05, 0.1) is 6.61 Å². The molecule has 0 atom stereocenters. The predicted octanol–water partition coefficient (Wildman–Crippen LogP) is 3.22. The summed E-state index contributed by atoms with van der Waals surface area (Å²) in [4.78, 5) is 4.17. The molecule has 3 heteroatoms. The molecule has 2 aromatic rings. The maximum absolute atomic E-state index is 5.51. The first-order valence-corrected chi connectivity index (χ1v) is 7.06. The Hall–Kier alpha value is -1.71. The molecule has 0 saturated carbocycles. The molecule has 106 valence electrons. The van der Waals surface area contributed by atoms with E-state index in [0.717, 1.165) is 19.7 Å². The zero-order valence-corrected chi connectivity index (χ0v) is 12.2. The molecule has 0 aliphatic heterocycles. The number of ether oxygens (including phenoxy) is 1. The van der Waals surface area contributed by atoms with Gasteiger partial charge < -0.3 is 10.1 Å². The van der Waals surface area contributed by atoms with Gasteiger partial charge in [-0.3, -0.25) is 4.98 Å². The number of aromatic nitrogens is 1. The van der Waals surface area contributed by atoms with Gasteiger partial charge in [-0.25, -0.2) is 0 Å². The van der Waals surface area contributed by atoms with Crippen molar-refractivity contribution in [2.75, 3.05) is 6.61 Å². The van der Waals surface area contributed by atoms with Crippen LogP contribution in [0.1, 0.15) is 29.2 Å². The summed E-state index contributed by atoms with van der Waals surface area (Å²) in [6.45, 7) is 7.24. The molecule has 2 rings (SSSR count). The first-order chi connectivity index (χ1) is 9.81. The average Bonchev–Trinajstić information content (AvgIpc) is 2.48. The summed E-state index contributed by atoms with van der Waals surface area (Å²) >= 11 is 0. The van der Waals surface area contributed by atoms with E-state index in [-0.39, 0.29) is 0 Å². The molecule has 20 heavy (non-hydrogen) atoms. The van der Waals surface area contributed by atoms with Crippen LogP contribution in [-0.2, 0) is 24.4 Å². The topological polar surface area (TPSA) is 34.1 Å². The molecule has 0 amide bonds. The van der Waals surface area contributed by atoms with Gasteiger partial charge in [-0.05, 0) is 42.2 Å². The van der Waals surface area contributed by atoms with Gasteiger partial charge in [0.25, 0.3) is 0 Å². The van der Waals surface area contributed by atoms with E-state index >= 15 is 0 Å². The van der Waals surface area contributed by atoms with Crippen LogP contribution < -0.4 is 5.32 Å². The molecule has 0 fully saturated rings. The van der Waals surface area contributed by atoms with E-state index < -0.39 is 0 Å². The van der Waals surface area contributed by atoms with Crippen LogP contribution in [-0.4, -0.2) is 11.6 Å². The van der Waals surface area contributed by atoms with Crippen molar-refractivity contribution >= 4 is 0 Å². The third-order valence-electron chi connectivity index (χ3n) is 3.36. The van der Waals surface area contributed by atoms with E-state index in [1.807, 2.05) is 25.4 Å². The molecule has 0 bridgehead atoms. The second-order valence-corrected chi connectivity index (χ2v) is 4.81. The van der Waals surface area contributed by atoms with Crippen molar-refractivity contribution in [1.82, 2.24) is 10.3 Å². The van der Waals surface area contributed by atoms with Crippen LogP contribution in [0.15, 0.2) is 42.7 Å². The fraction of sp³-hybridized carbons (Fsp3) is 0.353. The monoisotopic (exact) mass is 270 g/mol. The first kappa shape index (κ1) is 14.7. The summed E-state index contributed by atoms with van der Waals surface area (Å²) in [6.07, 6.45) is 3.75. The molecule has 3 nitrogen and oxygen atoms in total. The summed E-state index contributed by atoms with van der Waals surface area (Å²) in [5, 5.41) is 3.48. The summed E-state index contributed by atoms with van der Waals surface area (Å²) < 4.78 is 5.51. The van der Waals surface area contributed by atoms with Gasteiger partial charge in [0, 0.05) is 32.1 Å². The van der Waals surface area contributed by atoms with Crippen LogP contribution >= 0.6 is 0 Å². The molecule has 1 aromatic carbocycles. The van der Waals surface area contributed by atoms with Gasteiger partial charge in [0.2, 0.25) is 0 Å². The van der Waals surface area contributed by atoms with Crippen LogP contribution in [0.25, 0.3) is 0 Å². The molecule has 0 radical (unpaired) electrons. The minimum absolute atomic E-state index is 0.681. The van der Waals surface area contributed by atoms with E-state index in [4.69, 9.17) is 4.74 Å². The first-order valence-electron chi connectivity index (χ1n) is 7.06. The zero-order valence-electron chi connectivity index (χ0n) is 12.2. The lowest BCUT2D eigenvalue weighted by atomic mass is 10.1.